The number of methoxy groups -OCH3 is 4. The normalized spacial score (nSPS) is 23.5. The topological polar surface area (TPSA) is 118 Å². The molecule has 0 radical (unpaired) electrons. The number of carbonyl (C=O) groups is 4. The van der Waals surface area contributed by atoms with E-state index in [1.807, 2.05) is 0 Å². The molecular weight excluding hydrogens is 302 g/mol. The lowest BCUT2D eigenvalue weighted by Gasteiger charge is -2.31. The van der Waals surface area contributed by atoms with E-state index in [9.17, 15) is 19.2 Å². The van der Waals surface area contributed by atoms with Crippen LogP contribution >= 0.6 is 0 Å². The minimum absolute atomic E-state index is 0.744. The Morgan fingerprint density at radius 1 is 0.864 bits per heavy atom. The zero-order valence-electron chi connectivity index (χ0n) is 12.8. The van der Waals surface area contributed by atoms with Crippen LogP contribution in [0, 0.1) is 5.92 Å². The van der Waals surface area contributed by atoms with Crippen LogP contribution in [-0.2, 0) is 43.0 Å². The van der Waals surface area contributed by atoms with Crippen molar-refractivity contribution in [2.75, 3.05) is 35.5 Å². The molecule has 0 bridgehead atoms. The van der Waals surface area contributed by atoms with Crippen LogP contribution in [0.2, 0.25) is 0 Å². The van der Waals surface area contributed by atoms with Crippen LogP contribution in [-0.4, -0.2) is 76.1 Å². The van der Waals surface area contributed by atoms with Gasteiger partial charge in [0.25, 0.3) is 5.54 Å². The van der Waals surface area contributed by atoms with E-state index in [0.717, 1.165) is 33.5 Å². The van der Waals surface area contributed by atoms with E-state index in [4.69, 9.17) is 4.84 Å². The molecule has 22 heavy (non-hydrogen) atoms. The Labute approximate surface area is 126 Å². The highest BCUT2D eigenvalue weighted by molar-refractivity contribution is 6.10. The Bertz CT molecular complexity index is 473. The second-order valence-electron chi connectivity index (χ2n) is 4.30. The SMILES string of the molecule is COC(=O)[C@@H]1[C@H](C(=O)OC)ON(C)C1(C(=O)OC)C(=O)OC. The van der Waals surface area contributed by atoms with E-state index in [1.54, 1.807) is 0 Å². The number of rotatable bonds is 4. The Morgan fingerprint density at radius 2 is 1.32 bits per heavy atom. The minimum atomic E-state index is -2.32. The van der Waals surface area contributed by atoms with Gasteiger partial charge in [-0.25, -0.2) is 14.4 Å². The standard InChI is InChI=1S/C12H17NO9/c1-13-12(10(16)20-4,11(17)21-5)6(8(14)18-2)7(22-13)9(15)19-3/h6-7H,1-5H3/t6-,7+/m0/s1. The smallest absolute Gasteiger partial charge is 0.341 e. The summed E-state index contributed by atoms with van der Waals surface area (Å²) >= 11 is 0. The van der Waals surface area contributed by atoms with Gasteiger partial charge in [-0.3, -0.25) is 9.63 Å². The highest BCUT2D eigenvalue weighted by atomic mass is 16.7. The number of esters is 4. The van der Waals surface area contributed by atoms with Crippen LogP contribution in [0.4, 0.5) is 0 Å². The third-order valence-electron chi connectivity index (χ3n) is 3.40. The fourth-order valence-electron chi connectivity index (χ4n) is 2.35. The number of likely N-dealkylation sites (N-methyl/N-ethyl adjacent to an activating group) is 1. The average Bonchev–Trinajstić information content (AvgIpc) is 2.85. The Hall–Kier alpha value is -2.20. The fourth-order valence-corrected chi connectivity index (χ4v) is 2.35. The molecule has 0 aliphatic carbocycles. The summed E-state index contributed by atoms with van der Waals surface area (Å²) in [5.41, 5.74) is -2.32. The van der Waals surface area contributed by atoms with Gasteiger partial charge in [-0.05, 0) is 0 Å². The first-order valence-corrected chi connectivity index (χ1v) is 6.05. The van der Waals surface area contributed by atoms with Crippen LogP contribution in [0.25, 0.3) is 0 Å². The maximum absolute atomic E-state index is 12.2. The van der Waals surface area contributed by atoms with E-state index in [2.05, 4.69) is 18.9 Å². The van der Waals surface area contributed by atoms with Crippen LogP contribution in [0.5, 0.6) is 0 Å². The van der Waals surface area contributed by atoms with E-state index >= 15 is 0 Å². The lowest BCUT2D eigenvalue weighted by atomic mass is 9.80. The molecule has 0 unspecified atom stereocenters. The van der Waals surface area contributed by atoms with Crippen LogP contribution < -0.4 is 0 Å². The third-order valence-corrected chi connectivity index (χ3v) is 3.40. The Morgan fingerprint density at radius 3 is 1.68 bits per heavy atom. The van der Waals surface area contributed by atoms with Gasteiger partial charge in [0.1, 0.15) is 5.92 Å². The van der Waals surface area contributed by atoms with Crippen molar-refractivity contribution in [2.24, 2.45) is 5.92 Å². The lowest BCUT2D eigenvalue weighted by molar-refractivity contribution is -0.207. The largest absolute Gasteiger partial charge is 0.469 e. The van der Waals surface area contributed by atoms with Gasteiger partial charge in [-0.15, -0.1) is 0 Å². The summed E-state index contributed by atoms with van der Waals surface area (Å²) in [6, 6.07) is 0. The molecule has 0 aromatic heterocycles. The molecular formula is C12H17NO9. The Balaban J connectivity index is 3.55. The average molecular weight is 319 g/mol. The highest BCUT2D eigenvalue weighted by Gasteiger charge is 2.71. The van der Waals surface area contributed by atoms with E-state index in [1.165, 1.54) is 7.05 Å². The quantitative estimate of drug-likeness (QED) is 0.336. The minimum Gasteiger partial charge on any atom is -0.469 e. The number of hydrogen-bond donors (Lipinski definition) is 0. The van der Waals surface area contributed by atoms with Crippen molar-refractivity contribution in [1.82, 2.24) is 5.06 Å². The molecule has 0 aromatic rings. The van der Waals surface area contributed by atoms with Crippen molar-refractivity contribution < 1.29 is 43.0 Å². The molecule has 1 heterocycles. The van der Waals surface area contributed by atoms with Crippen LogP contribution in [0.15, 0.2) is 0 Å². The van der Waals surface area contributed by atoms with Gasteiger partial charge in [0.05, 0.1) is 28.4 Å². The molecule has 1 saturated heterocycles. The zero-order valence-corrected chi connectivity index (χ0v) is 12.8. The summed E-state index contributed by atoms with van der Waals surface area (Å²) < 4.78 is 18.3. The number of hydroxylamine groups is 2. The number of nitrogens with zero attached hydrogens (tertiary/aromatic N) is 1. The van der Waals surface area contributed by atoms with Gasteiger partial charge < -0.3 is 18.9 Å². The van der Waals surface area contributed by atoms with Crippen molar-refractivity contribution in [2.45, 2.75) is 11.6 Å². The third kappa shape index (κ3) is 2.40. The second-order valence-corrected chi connectivity index (χ2v) is 4.30. The van der Waals surface area contributed by atoms with Gasteiger partial charge in [-0.1, -0.05) is 0 Å². The van der Waals surface area contributed by atoms with Crippen molar-refractivity contribution in [1.29, 1.82) is 0 Å². The van der Waals surface area contributed by atoms with Crippen molar-refractivity contribution in [3.8, 4) is 0 Å². The van der Waals surface area contributed by atoms with Gasteiger partial charge in [0, 0.05) is 7.05 Å². The second kappa shape index (κ2) is 6.71. The molecule has 1 fully saturated rings. The summed E-state index contributed by atoms with van der Waals surface area (Å²) in [5, 5.41) is 0.744. The van der Waals surface area contributed by atoms with E-state index in [-0.39, 0.29) is 0 Å². The lowest BCUT2D eigenvalue weighted by Crippen LogP contribution is -2.62. The maximum atomic E-state index is 12.2. The monoisotopic (exact) mass is 319 g/mol. The first kappa shape index (κ1) is 17.9. The molecule has 0 amide bonds. The first-order chi connectivity index (χ1) is 10.3. The van der Waals surface area contributed by atoms with Gasteiger partial charge in [0.2, 0.25) is 0 Å². The van der Waals surface area contributed by atoms with E-state index in [0.29, 0.717) is 0 Å². The highest BCUT2D eigenvalue weighted by Crippen LogP contribution is 2.39. The van der Waals surface area contributed by atoms with Crippen molar-refractivity contribution in [3.05, 3.63) is 0 Å². The summed E-state index contributed by atoms with van der Waals surface area (Å²) in [7, 11) is 5.32. The molecule has 0 aromatic carbocycles. The van der Waals surface area contributed by atoms with Gasteiger partial charge >= 0.3 is 23.9 Å². The molecule has 2 atom stereocenters. The van der Waals surface area contributed by atoms with Crippen LogP contribution in [0.1, 0.15) is 0 Å². The molecule has 0 saturated carbocycles. The predicted octanol–water partition coefficient (Wildman–Crippen LogP) is -1.72. The number of ether oxygens (including phenoxy) is 4. The van der Waals surface area contributed by atoms with Crippen molar-refractivity contribution >= 4 is 23.9 Å². The Kier molecular flexibility index (Phi) is 5.44. The molecule has 10 heteroatoms. The van der Waals surface area contributed by atoms with Crippen molar-refractivity contribution in [3.63, 3.8) is 0 Å². The predicted molar refractivity (Wildman–Crippen MR) is 66.9 cm³/mol. The summed E-state index contributed by atoms with van der Waals surface area (Å²) in [6.45, 7) is 0. The summed E-state index contributed by atoms with van der Waals surface area (Å²) in [4.78, 5) is 53.5. The molecule has 1 rings (SSSR count). The summed E-state index contributed by atoms with van der Waals surface area (Å²) in [6.07, 6.45) is -1.57. The molecule has 10 nitrogen and oxygen atoms in total. The zero-order chi connectivity index (χ0) is 17.1. The fraction of sp³-hybridized carbons (Fsp3) is 0.667. The molecule has 0 spiro atoms. The number of hydrogen-bond acceptors (Lipinski definition) is 10. The maximum Gasteiger partial charge on any atom is 0.341 e. The van der Waals surface area contributed by atoms with Gasteiger partial charge in [-0.2, -0.15) is 5.06 Å². The van der Waals surface area contributed by atoms with Gasteiger partial charge in [0.15, 0.2) is 6.10 Å². The van der Waals surface area contributed by atoms with E-state index < -0.39 is 41.4 Å². The summed E-state index contributed by atoms with van der Waals surface area (Å²) in [5.74, 6) is -5.92. The molecule has 124 valence electrons. The van der Waals surface area contributed by atoms with Crippen LogP contribution in [0.3, 0.4) is 0 Å². The molecule has 0 N–H and O–H groups in total. The molecule has 1 aliphatic rings. The number of carbonyl (C=O) groups excluding carboxylic acids is 4. The molecule has 1 aliphatic heterocycles. The first-order valence-electron chi connectivity index (χ1n) is 6.05.